The molecule has 0 radical (unpaired) electrons. The van der Waals surface area contributed by atoms with E-state index in [1.807, 2.05) is 0 Å². The third-order valence-corrected chi connectivity index (χ3v) is 5.31. The van der Waals surface area contributed by atoms with Crippen molar-refractivity contribution in [2.45, 2.75) is 64.0 Å². The highest BCUT2D eigenvalue weighted by atomic mass is 16.5. The lowest BCUT2D eigenvalue weighted by molar-refractivity contribution is -0.173. The number of ether oxygens (including phenoxy) is 1. The Hall–Kier alpha value is -0.0800. The van der Waals surface area contributed by atoms with E-state index in [4.69, 9.17) is 4.74 Å². The van der Waals surface area contributed by atoms with E-state index in [0.717, 1.165) is 18.6 Å². The van der Waals surface area contributed by atoms with Crippen LogP contribution in [0.15, 0.2) is 0 Å². The molecule has 2 heteroatoms. The van der Waals surface area contributed by atoms with Crippen molar-refractivity contribution in [3.63, 3.8) is 0 Å². The average Bonchev–Trinajstić information content (AvgIpc) is 2.09. The average molecular weight is 223 g/mol. The van der Waals surface area contributed by atoms with Crippen LogP contribution in [0.1, 0.15) is 51.9 Å². The third-order valence-electron chi connectivity index (χ3n) is 5.31. The van der Waals surface area contributed by atoms with Crippen molar-refractivity contribution in [1.29, 1.82) is 0 Å². The molecule has 1 N–H and O–H groups in total. The Morgan fingerprint density at radius 3 is 2.56 bits per heavy atom. The molecule has 2 nitrogen and oxygen atoms in total. The van der Waals surface area contributed by atoms with Crippen molar-refractivity contribution in [3.05, 3.63) is 0 Å². The van der Waals surface area contributed by atoms with Crippen LogP contribution in [-0.2, 0) is 4.74 Å². The fraction of sp³-hybridized carbons (Fsp3) is 1.00. The Bertz CT molecular complexity index is 245. The van der Waals surface area contributed by atoms with Crippen molar-refractivity contribution in [3.8, 4) is 0 Å². The second kappa shape index (κ2) is 4.30. The quantitative estimate of drug-likeness (QED) is 0.774. The summed E-state index contributed by atoms with van der Waals surface area (Å²) in [6.07, 6.45) is 10.4. The Morgan fingerprint density at radius 1 is 1.25 bits per heavy atom. The van der Waals surface area contributed by atoms with E-state index in [0.29, 0.717) is 11.5 Å². The van der Waals surface area contributed by atoms with Crippen molar-refractivity contribution in [1.82, 2.24) is 5.32 Å². The Morgan fingerprint density at radius 2 is 2.06 bits per heavy atom. The fourth-order valence-electron chi connectivity index (χ4n) is 3.73. The van der Waals surface area contributed by atoms with Gasteiger partial charge in [-0.25, -0.2) is 0 Å². The summed E-state index contributed by atoms with van der Waals surface area (Å²) in [5.74, 6) is 0.989. The normalized spacial score (nSPS) is 36.6. The van der Waals surface area contributed by atoms with Crippen LogP contribution in [0, 0.1) is 11.3 Å². The van der Waals surface area contributed by atoms with Gasteiger partial charge < -0.3 is 10.1 Å². The third kappa shape index (κ3) is 1.62. The minimum atomic E-state index is 0.555. The summed E-state index contributed by atoms with van der Waals surface area (Å²) in [4.78, 5) is 0. The maximum Gasteiger partial charge on any atom is 0.0661 e. The lowest BCUT2D eigenvalue weighted by Crippen LogP contribution is -2.67. The molecule has 92 valence electrons. The van der Waals surface area contributed by atoms with Gasteiger partial charge in [0.05, 0.1) is 6.10 Å². The van der Waals surface area contributed by atoms with Gasteiger partial charge in [0.2, 0.25) is 0 Å². The van der Waals surface area contributed by atoms with Gasteiger partial charge in [0.1, 0.15) is 0 Å². The monoisotopic (exact) mass is 223 g/mol. The van der Waals surface area contributed by atoms with Gasteiger partial charge in [0.25, 0.3) is 0 Å². The largest absolute Gasteiger partial charge is 0.378 e. The molecule has 3 fully saturated rings. The van der Waals surface area contributed by atoms with Gasteiger partial charge >= 0.3 is 0 Å². The summed E-state index contributed by atoms with van der Waals surface area (Å²) in [5.41, 5.74) is 0.555. The number of hydrogen-bond acceptors (Lipinski definition) is 2. The van der Waals surface area contributed by atoms with E-state index in [9.17, 15) is 0 Å². The van der Waals surface area contributed by atoms with E-state index in [2.05, 4.69) is 12.2 Å². The predicted molar refractivity (Wildman–Crippen MR) is 65.4 cm³/mol. The molecule has 0 aliphatic heterocycles. The van der Waals surface area contributed by atoms with Crippen LogP contribution in [-0.4, -0.2) is 25.3 Å². The SMILES string of the molecule is CCOC1CC(NCC2CCC2)C12CCC2. The van der Waals surface area contributed by atoms with Crippen LogP contribution in [0.3, 0.4) is 0 Å². The van der Waals surface area contributed by atoms with Gasteiger partial charge in [-0.15, -0.1) is 0 Å². The molecule has 0 saturated heterocycles. The molecule has 2 atom stereocenters. The molecular formula is C14H25NO. The highest BCUT2D eigenvalue weighted by Gasteiger charge is 2.58. The zero-order valence-electron chi connectivity index (χ0n) is 10.5. The predicted octanol–water partition coefficient (Wildman–Crippen LogP) is 2.72. The summed E-state index contributed by atoms with van der Waals surface area (Å²) in [6, 6.07) is 0.776. The van der Waals surface area contributed by atoms with Crippen molar-refractivity contribution < 1.29 is 4.74 Å². The van der Waals surface area contributed by atoms with Gasteiger partial charge in [0, 0.05) is 18.1 Å². The molecule has 16 heavy (non-hydrogen) atoms. The maximum atomic E-state index is 5.87. The highest BCUT2D eigenvalue weighted by Crippen LogP contribution is 2.57. The van der Waals surface area contributed by atoms with Crippen molar-refractivity contribution in [2.75, 3.05) is 13.2 Å². The summed E-state index contributed by atoms with van der Waals surface area (Å²) >= 11 is 0. The van der Waals surface area contributed by atoms with Gasteiger partial charge in [-0.1, -0.05) is 12.8 Å². The lowest BCUT2D eigenvalue weighted by Gasteiger charge is -2.61. The minimum absolute atomic E-state index is 0.555. The molecule has 0 bridgehead atoms. The molecule has 3 aliphatic carbocycles. The van der Waals surface area contributed by atoms with E-state index >= 15 is 0 Å². The first-order valence-corrected chi connectivity index (χ1v) is 7.20. The van der Waals surface area contributed by atoms with Crippen LogP contribution in [0.2, 0.25) is 0 Å². The summed E-state index contributed by atoms with van der Waals surface area (Å²) in [6.45, 7) is 4.29. The van der Waals surface area contributed by atoms with Gasteiger partial charge in [-0.2, -0.15) is 0 Å². The Kier molecular flexibility index (Phi) is 2.97. The molecule has 2 unspecified atom stereocenters. The summed E-state index contributed by atoms with van der Waals surface area (Å²) in [7, 11) is 0. The summed E-state index contributed by atoms with van der Waals surface area (Å²) in [5, 5.41) is 3.82. The molecule has 0 aromatic heterocycles. The van der Waals surface area contributed by atoms with Crippen LogP contribution >= 0.6 is 0 Å². The van der Waals surface area contributed by atoms with Crippen molar-refractivity contribution >= 4 is 0 Å². The fourth-order valence-corrected chi connectivity index (χ4v) is 3.73. The van der Waals surface area contributed by atoms with Gasteiger partial charge in [0.15, 0.2) is 0 Å². The Labute approximate surface area is 99.1 Å². The smallest absolute Gasteiger partial charge is 0.0661 e. The van der Waals surface area contributed by atoms with E-state index in [-0.39, 0.29) is 0 Å². The van der Waals surface area contributed by atoms with E-state index < -0.39 is 0 Å². The molecule has 3 saturated carbocycles. The molecule has 0 heterocycles. The topological polar surface area (TPSA) is 21.3 Å². The lowest BCUT2D eigenvalue weighted by atomic mass is 9.51. The van der Waals surface area contributed by atoms with E-state index in [1.54, 1.807) is 0 Å². The first-order valence-electron chi connectivity index (χ1n) is 7.20. The van der Waals surface area contributed by atoms with Gasteiger partial charge in [-0.05, 0) is 51.5 Å². The molecule has 0 aromatic carbocycles. The van der Waals surface area contributed by atoms with Crippen LogP contribution in [0.25, 0.3) is 0 Å². The van der Waals surface area contributed by atoms with Crippen molar-refractivity contribution in [2.24, 2.45) is 11.3 Å². The number of rotatable bonds is 5. The zero-order chi connectivity index (χ0) is 11.0. The zero-order valence-corrected chi connectivity index (χ0v) is 10.5. The second-order valence-electron chi connectivity index (χ2n) is 6.02. The highest BCUT2D eigenvalue weighted by molar-refractivity contribution is 5.12. The Balaban J connectivity index is 1.48. The minimum Gasteiger partial charge on any atom is -0.378 e. The molecular weight excluding hydrogens is 198 g/mol. The van der Waals surface area contributed by atoms with Gasteiger partial charge in [-0.3, -0.25) is 0 Å². The number of nitrogens with one attached hydrogen (secondary N) is 1. The molecule has 3 aliphatic rings. The first-order chi connectivity index (χ1) is 7.85. The molecule has 3 rings (SSSR count). The van der Waals surface area contributed by atoms with E-state index in [1.165, 1.54) is 51.5 Å². The standard InChI is InChI=1S/C14H25NO/c1-2-16-13-9-12(14(13)7-4-8-14)15-10-11-5-3-6-11/h11-13,15H,2-10H2,1H3. The second-order valence-corrected chi connectivity index (χ2v) is 6.02. The maximum absolute atomic E-state index is 5.87. The van der Waals surface area contributed by atoms with Crippen LogP contribution < -0.4 is 5.32 Å². The summed E-state index contributed by atoms with van der Waals surface area (Å²) < 4.78 is 5.87. The van der Waals surface area contributed by atoms with Crippen LogP contribution in [0.4, 0.5) is 0 Å². The molecule has 0 aromatic rings. The number of hydrogen-bond donors (Lipinski definition) is 1. The van der Waals surface area contributed by atoms with Crippen LogP contribution in [0.5, 0.6) is 0 Å². The molecule has 0 amide bonds. The first kappa shape index (κ1) is 11.0. The molecule has 1 spiro atoms.